The van der Waals surface area contributed by atoms with Gasteiger partial charge in [0, 0.05) is 31.0 Å². The van der Waals surface area contributed by atoms with Crippen molar-refractivity contribution in [1.82, 2.24) is 9.88 Å². The van der Waals surface area contributed by atoms with Crippen LogP contribution < -0.4 is 0 Å². The van der Waals surface area contributed by atoms with Crippen molar-refractivity contribution in [2.75, 3.05) is 0 Å². The number of benzene rings is 2. The van der Waals surface area contributed by atoms with Crippen molar-refractivity contribution in [2.45, 2.75) is 73.3 Å². The lowest BCUT2D eigenvalue weighted by Crippen LogP contribution is -2.28. The van der Waals surface area contributed by atoms with Gasteiger partial charge in [-0.2, -0.15) is 0 Å². The Kier molecular flexibility index (Phi) is 6.76. The van der Waals surface area contributed by atoms with Crippen molar-refractivity contribution in [2.24, 2.45) is 0 Å². The third kappa shape index (κ3) is 4.78. The Hall–Kier alpha value is -3.51. The van der Waals surface area contributed by atoms with Gasteiger partial charge in [0.1, 0.15) is 0 Å². The quantitative estimate of drug-likeness (QED) is 0.473. The van der Waals surface area contributed by atoms with Gasteiger partial charge in [-0.1, -0.05) is 29.8 Å². The summed E-state index contributed by atoms with van der Waals surface area (Å²) < 4.78 is 6.14. The number of aromatic nitrogens is 1. The van der Waals surface area contributed by atoms with Crippen LogP contribution in [0.1, 0.15) is 76.2 Å². The van der Waals surface area contributed by atoms with Crippen molar-refractivity contribution in [3.8, 4) is 11.1 Å². The first-order valence-corrected chi connectivity index (χ1v) is 12.2. The number of carbonyl (C=O) groups excluding carboxylic acids is 1. The van der Waals surface area contributed by atoms with Crippen LogP contribution in [0.15, 0.2) is 42.7 Å². The SMILES string of the molecule is Cc1ccc(-c2c(C)c3c(c(C)c2C(OC(C)(C)C)C(=O)O)CN(C(=O)c2cnccc2C)C3)cc1. The Morgan fingerprint density at radius 3 is 2.14 bits per heavy atom. The van der Waals surface area contributed by atoms with Crippen molar-refractivity contribution in [3.05, 3.63) is 87.2 Å². The Morgan fingerprint density at radius 1 is 0.972 bits per heavy atom. The van der Waals surface area contributed by atoms with Crippen LogP contribution in [-0.2, 0) is 22.6 Å². The summed E-state index contributed by atoms with van der Waals surface area (Å²) in [4.78, 5) is 32.0. The van der Waals surface area contributed by atoms with Crippen LogP contribution >= 0.6 is 0 Å². The van der Waals surface area contributed by atoms with Gasteiger partial charge < -0.3 is 14.7 Å². The average molecular weight is 487 g/mol. The predicted octanol–water partition coefficient (Wildman–Crippen LogP) is 6.08. The molecule has 1 atom stereocenters. The Morgan fingerprint density at radius 2 is 1.58 bits per heavy atom. The molecule has 2 heterocycles. The van der Waals surface area contributed by atoms with Gasteiger partial charge in [0.25, 0.3) is 5.91 Å². The van der Waals surface area contributed by atoms with Crippen LogP contribution in [0.25, 0.3) is 11.1 Å². The van der Waals surface area contributed by atoms with Gasteiger partial charge in [-0.15, -0.1) is 0 Å². The number of pyridine rings is 1. The number of aliphatic carboxylic acids is 1. The molecule has 0 saturated carbocycles. The first-order chi connectivity index (χ1) is 16.9. The molecule has 1 aliphatic heterocycles. The number of fused-ring (bicyclic) bond motifs is 1. The maximum Gasteiger partial charge on any atom is 0.337 e. The van der Waals surface area contributed by atoms with Gasteiger partial charge in [-0.3, -0.25) is 9.78 Å². The molecule has 0 aliphatic carbocycles. The number of carboxylic acid groups (broad SMARTS) is 1. The van der Waals surface area contributed by atoms with Crippen LogP contribution in [0, 0.1) is 27.7 Å². The minimum atomic E-state index is -1.14. The van der Waals surface area contributed by atoms with Crippen LogP contribution in [0.2, 0.25) is 0 Å². The topological polar surface area (TPSA) is 79.7 Å². The summed E-state index contributed by atoms with van der Waals surface area (Å²) in [6, 6.07) is 9.95. The van der Waals surface area contributed by atoms with Crippen LogP contribution in [0.3, 0.4) is 0 Å². The Bertz CT molecular complexity index is 1340. The number of amides is 1. The molecule has 188 valence electrons. The molecule has 1 aromatic heterocycles. The zero-order valence-electron chi connectivity index (χ0n) is 22.1. The molecule has 0 bridgehead atoms. The fourth-order valence-corrected chi connectivity index (χ4v) is 5.03. The lowest BCUT2D eigenvalue weighted by Gasteiger charge is -2.29. The highest BCUT2D eigenvalue weighted by Crippen LogP contribution is 2.44. The molecule has 6 heteroatoms. The maximum absolute atomic E-state index is 13.4. The number of carbonyl (C=O) groups is 2. The summed E-state index contributed by atoms with van der Waals surface area (Å²) in [5.41, 5.74) is 8.31. The van der Waals surface area contributed by atoms with Gasteiger partial charge in [0.05, 0.1) is 11.2 Å². The fourth-order valence-electron chi connectivity index (χ4n) is 5.03. The minimum absolute atomic E-state index is 0.0743. The number of carboxylic acids is 1. The van der Waals surface area contributed by atoms with E-state index in [1.165, 1.54) is 0 Å². The van der Waals surface area contributed by atoms with Crippen LogP contribution in [0.5, 0.6) is 0 Å². The summed E-state index contributed by atoms with van der Waals surface area (Å²) in [5, 5.41) is 10.3. The van der Waals surface area contributed by atoms with Gasteiger partial charge >= 0.3 is 5.97 Å². The van der Waals surface area contributed by atoms with E-state index in [2.05, 4.69) is 4.98 Å². The van der Waals surface area contributed by atoms with Crippen molar-refractivity contribution < 1.29 is 19.4 Å². The number of rotatable bonds is 5. The first kappa shape index (κ1) is 25.6. The van der Waals surface area contributed by atoms with Crippen molar-refractivity contribution in [1.29, 1.82) is 0 Å². The van der Waals surface area contributed by atoms with Crippen molar-refractivity contribution in [3.63, 3.8) is 0 Å². The molecule has 0 fully saturated rings. The summed E-state index contributed by atoms with van der Waals surface area (Å²) >= 11 is 0. The van der Waals surface area contributed by atoms with E-state index in [0.717, 1.165) is 44.5 Å². The van der Waals surface area contributed by atoms with E-state index in [1.807, 2.05) is 83.7 Å². The molecule has 0 radical (unpaired) electrons. The molecular weight excluding hydrogens is 452 g/mol. The zero-order chi connectivity index (χ0) is 26.4. The minimum Gasteiger partial charge on any atom is -0.479 e. The second-order valence-corrected chi connectivity index (χ2v) is 10.7. The smallest absolute Gasteiger partial charge is 0.337 e. The average Bonchev–Trinajstić information content (AvgIpc) is 3.26. The highest BCUT2D eigenvalue weighted by Gasteiger charge is 2.36. The largest absolute Gasteiger partial charge is 0.479 e. The molecule has 0 spiro atoms. The lowest BCUT2D eigenvalue weighted by molar-refractivity contribution is -0.160. The highest BCUT2D eigenvalue weighted by atomic mass is 16.5. The van der Waals surface area contributed by atoms with Crippen LogP contribution in [0.4, 0.5) is 0 Å². The Labute approximate surface area is 212 Å². The maximum atomic E-state index is 13.4. The fraction of sp³-hybridized carbons (Fsp3) is 0.367. The van der Waals surface area contributed by atoms with E-state index in [4.69, 9.17) is 4.74 Å². The summed E-state index contributed by atoms with van der Waals surface area (Å²) in [6.45, 7) is 14.4. The van der Waals surface area contributed by atoms with E-state index in [0.29, 0.717) is 24.2 Å². The summed E-state index contributed by atoms with van der Waals surface area (Å²) in [7, 11) is 0. The van der Waals surface area contributed by atoms with Crippen LogP contribution in [-0.4, -0.2) is 32.5 Å². The molecule has 2 aromatic carbocycles. The van der Waals surface area contributed by atoms with E-state index in [9.17, 15) is 14.7 Å². The number of aryl methyl sites for hydroxylation is 2. The van der Waals surface area contributed by atoms with Gasteiger partial charge in [-0.25, -0.2) is 4.79 Å². The standard InChI is InChI=1S/C30H34N2O4/c1-17-8-10-21(11-9-17)25-19(3)23-15-32(28(33)22-14-31-13-12-18(22)2)16-24(23)20(4)26(25)27(29(34)35)36-30(5,6)7/h8-14,27H,15-16H2,1-7H3,(H,34,35). The second kappa shape index (κ2) is 9.51. The van der Waals surface area contributed by atoms with Gasteiger partial charge in [0.15, 0.2) is 6.10 Å². The molecule has 3 aromatic rings. The molecule has 1 unspecified atom stereocenters. The number of hydrogen-bond donors (Lipinski definition) is 1. The third-order valence-corrected chi connectivity index (χ3v) is 6.87. The number of ether oxygens (including phenoxy) is 1. The normalized spacial score (nSPS) is 14.0. The molecular formula is C30H34N2O4. The summed E-state index contributed by atoms with van der Waals surface area (Å²) in [5.74, 6) is -1.10. The highest BCUT2D eigenvalue weighted by molar-refractivity contribution is 5.96. The van der Waals surface area contributed by atoms with E-state index in [-0.39, 0.29) is 5.91 Å². The zero-order valence-corrected chi connectivity index (χ0v) is 22.1. The molecule has 0 saturated heterocycles. The molecule has 6 nitrogen and oxygen atoms in total. The molecule has 4 rings (SSSR count). The predicted molar refractivity (Wildman–Crippen MR) is 140 cm³/mol. The first-order valence-electron chi connectivity index (χ1n) is 12.2. The molecule has 1 amide bonds. The van der Waals surface area contributed by atoms with Gasteiger partial charge in [0.2, 0.25) is 0 Å². The Balaban J connectivity index is 1.90. The van der Waals surface area contributed by atoms with E-state index in [1.54, 1.807) is 12.4 Å². The third-order valence-electron chi connectivity index (χ3n) is 6.87. The number of nitrogens with zero attached hydrogens (tertiary/aromatic N) is 2. The number of hydrogen-bond acceptors (Lipinski definition) is 4. The molecule has 1 N–H and O–H groups in total. The monoisotopic (exact) mass is 486 g/mol. The second-order valence-electron chi connectivity index (χ2n) is 10.7. The van der Waals surface area contributed by atoms with Gasteiger partial charge in [-0.05, 0) is 93.5 Å². The van der Waals surface area contributed by atoms with E-state index < -0.39 is 17.7 Å². The molecule has 36 heavy (non-hydrogen) atoms. The lowest BCUT2D eigenvalue weighted by atomic mass is 9.83. The molecule has 1 aliphatic rings. The van der Waals surface area contributed by atoms with E-state index >= 15 is 0 Å². The summed E-state index contributed by atoms with van der Waals surface area (Å²) in [6.07, 6.45) is 2.15. The van der Waals surface area contributed by atoms with Crippen molar-refractivity contribution >= 4 is 11.9 Å².